The van der Waals surface area contributed by atoms with Crippen molar-refractivity contribution in [1.82, 2.24) is 16.2 Å². The maximum Gasteiger partial charge on any atom is 0.387 e. The van der Waals surface area contributed by atoms with E-state index in [1.165, 1.54) is 53.5 Å². The molecule has 8 nitrogen and oxygen atoms in total. The highest BCUT2D eigenvalue weighted by Crippen LogP contribution is 2.30. The van der Waals surface area contributed by atoms with Gasteiger partial charge in [-0.25, -0.2) is 0 Å². The van der Waals surface area contributed by atoms with Crippen molar-refractivity contribution in [2.75, 3.05) is 13.7 Å². The van der Waals surface area contributed by atoms with Crippen LogP contribution in [0.3, 0.4) is 0 Å². The molecule has 1 aliphatic rings. The van der Waals surface area contributed by atoms with E-state index < -0.39 is 30.9 Å². The highest BCUT2D eigenvalue weighted by Gasteiger charge is 2.18. The topological polar surface area (TPSA) is 106 Å². The van der Waals surface area contributed by atoms with Crippen LogP contribution in [0.1, 0.15) is 49.7 Å². The number of thiophene rings is 1. The molecule has 3 amide bonds. The van der Waals surface area contributed by atoms with E-state index in [2.05, 4.69) is 20.9 Å². The molecular formula is C21H23F2N3O5S. The van der Waals surface area contributed by atoms with E-state index >= 15 is 0 Å². The number of hydrogen-bond donors (Lipinski definition) is 3. The van der Waals surface area contributed by atoms with Gasteiger partial charge in [0.15, 0.2) is 11.5 Å². The number of ether oxygens (including phenoxy) is 2. The normalized spacial score (nSPS) is 13.0. The Morgan fingerprint density at radius 3 is 2.56 bits per heavy atom. The molecule has 172 valence electrons. The van der Waals surface area contributed by atoms with Crippen LogP contribution < -0.4 is 25.6 Å². The summed E-state index contributed by atoms with van der Waals surface area (Å²) in [6, 6.07) is 5.51. The number of fused-ring (bicyclic) bond motifs is 1. The minimum atomic E-state index is -3.04. The summed E-state index contributed by atoms with van der Waals surface area (Å²) in [6.45, 7) is -3.44. The second-order valence-corrected chi connectivity index (χ2v) is 8.19. The molecule has 0 saturated heterocycles. The van der Waals surface area contributed by atoms with Crippen LogP contribution >= 0.6 is 11.3 Å². The standard InChI is InChI=1S/C21H23F2N3O5S/c1-30-15-9-13(7-8-14(15)31-21(22)23)19(28)24-11-18(27)25-26-20(29)17-10-12-5-3-2-4-6-16(12)32-17/h7-10,21H,2-6,11H2,1H3,(H,24,28)(H,25,27)(H,26,29). The van der Waals surface area contributed by atoms with Gasteiger partial charge in [0.1, 0.15) is 0 Å². The summed E-state index contributed by atoms with van der Waals surface area (Å²) < 4.78 is 34.0. The smallest absolute Gasteiger partial charge is 0.387 e. The minimum Gasteiger partial charge on any atom is -0.493 e. The van der Waals surface area contributed by atoms with Crippen molar-refractivity contribution in [3.63, 3.8) is 0 Å². The second-order valence-electron chi connectivity index (χ2n) is 7.05. The van der Waals surface area contributed by atoms with Gasteiger partial charge in [-0.15, -0.1) is 11.3 Å². The first-order chi connectivity index (χ1) is 15.4. The van der Waals surface area contributed by atoms with Gasteiger partial charge in [-0.3, -0.25) is 25.2 Å². The van der Waals surface area contributed by atoms with E-state index in [0.29, 0.717) is 4.88 Å². The van der Waals surface area contributed by atoms with E-state index in [9.17, 15) is 23.2 Å². The molecule has 0 spiro atoms. The fourth-order valence-electron chi connectivity index (χ4n) is 3.28. The summed E-state index contributed by atoms with van der Waals surface area (Å²) in [6.07, 6.45) is 5.32. The highest BCUT2D eigenvalue weighted by molar-refractivity contribution is 7.14. The average Bonchev–Trinajstić information content (AvgIpc) is 3.06. The Morgan fingerprint density at radius 2 is 1.81 bits per heavy atom. The molecule has 1 aromatic heterocycles. The van der Waals surface area contributed by atoms with Gasteiger partial charge in [-0.2, -0.15) is 8.78 Å². The zero-order valence-electron chi connectivity index (χ0n) is 17.3. The predicted octanol–water partition coefficient (Wildman–Crippen LogP) is 2.82. The summed E-state index contributed by atoms with van der Waals surface area (Å²) in [5, 5.41) is 2.38. The van der Waals surface area contributed by atoms with Gasteiger partial charge in [0.2, 0.25) is 0 Å². The van der Waals surface area contributed by atoms with Crippen LogP contribution in [0.2, 0.25) is 0 Å². The first-order valence-electron chi connectivity index (χ1n) is 9.99. The van der Waals surface area contributed by atoms with Crippen LogP contribution in [0.25, 0.3) is 0 Å². The van der Waals surface area contributed by atoms with Crippen molar-refractivity contribution < 1.29 is 32.6 Å². The number of rotatable bonds is 7. The number of hydrogen-bond acceptors (Lipinski definition) is 6. The highest BCUT2D eigenvalue weighted by atomic mass is 32.1. The quantitative estimate of drug-likeness (QED) is 0.429. The molecule has 0 fully saturated rings. The minimum absolute atomic E-state index is 0.0518. The molecule has 3 rings (SSSR count). The monoisotopic (exact) mass is 467 g/mol. The van der Waals surface area contributed by atoms with Crippen LogP contribution in [0.5, 0.6) is 11.5 Å². The van der Waals surface area contributed by atoms with Crippen molar-refractivity contribution in [2.24, 2.45) is 0 Å². The Labute approximate surface area is 187 Å². The molecule has 2 aromatic rings. The van der Waals surface area contributed by atoms with Crippen molar-refractivity contribution in [1.29, 1.82) is 0 Å². The fraction of sp³-hybridized carbons (Fsp3) is 0.381. The fourth-order valence-corrected chi connectivity index (χ4v) is 4.43. The Balaban J connectivity index is 1.48. The number of alkyl halides is 2. The summed E-state index contributed by atoms with van der Waals surface area (Å²) >= 11 is 1.43. The number of carbonyl (C=O) groups is 3. The third-order valence-corrected chi connectivity index (χ3v) is 6.07. The molecule has 0 saturated carbocycles. The third-order valence-electron chi connectivity index (χ3n) is 4.84. The van der Waals surface area contributed by atoms with Crippen LogP contribution in [-0.2, 0) is 17.6 Å². The molecule has 11 heteroatoms. The van der Waals surface area contributed by atoms with Crippen molar-refractivity contribution >= 4 is 29.1 Å². The zero-order valence-corrected chi connectivity index (χ0v) is 18.2. The summed E-state index contributed by atoms with van der Waals surface area (Å²) in [5.74, 6) is -1.94. The Morgan fingerprint density at radius 1 is 1.03 bits per heavy atom. The average molecular weight is 467 g/mol. The molecule has 1 aromatic carbocycles. The van der Waals surface area contributed by atoms with Crippen molar-refractivity contribution in [2.45, 2.75) is 38.7 Å². The van der Waals surface area contributed by atoms with Crippen molar-refractivity contribution in [3.8, 4) is 11.5 Å². The molecule has 0 radical (unpaired) electrons. The Hall–Kier alpha value is -3.21. The van der Waals surface area contributed by atoms with Gasteiger partial charge in [0.25, 0.3) is 17.7 Å². The lowest BCUT2D eigenvalue weighted by molar-refractivity contribution is -0.120. The van der Waals surface area contributed by atoms with Gasteiger partial charge in [-0.05, 0) is 55.5 Å². The number of halogens is 2. The molecule has 1 heterocycles. The predicted molar refractivity (Wildman–Crippen MR) is 113 cm³/mol. The SMILES string of the molecule is COc1cc(C(=O)NCC(=O)NNC(=O)c2cc3c(s2)CCCCC3)ccc1OC(F)F. The largest absolute Gasteiger partial charge is 0.493 e. The number of methoxy groups -OCH3 is 1. The first-order valence-corrected chi connectivity index (χ1v) is 10.8. The number of carbonyl (C=O) groups excluding carboxylic acids is 3. The molecule has 0 aliphatic heterocycles. The van der Waals surface area contributed by atoms with E-state index in [0.717, 1.165) is 25.7 Å². The second kappa shape index (κ2) is 10.9. The van der Waals surface area contributed by atoms with E-state index in [-0.39, 0.29) is 17.1 Å². The van der Waals surface area contributed by atoms with Gasteiger partial charge in [0, 0.05) is 10.4 Å². The van der Waals surface area contributed by atoms with E-state index in [4.69, 9.17) is 4.74 Å². The van der Waals surface area contributed by atoms with Crippen LogP contribution in [0.4, 0.5) is 8.78 Å². The summed E-state index contributed by atoms with van der Waals surface area (Å²) in [7, 11) is 1.25. The van der Waals surface area contributed by atoms with Gasteiger partial charge in [0.05, 0.1) is 18.5 Å². The number of nitrogens with one attached hydrogen (secondary N) is 3. The summed E-state index contributed by atoms with van der Waals surface area (Å²) in [5.41, 5.74) is 5.88. The maximum absolute atomic E-state index is 12.4. The lowest BCUT2D eigenvalue weighted by Gasteiger charge is -2.11. The van der Waals surface area contributed by atoms with E-state index in [1.54, 1.807) is 0 Å². The van der Waals surface area contributed by atoms with Crippen LogP contribution in [0.15, 0.2) is 24.3 Å². The number of aryl methyl sites for hydroxylation is 2. The number of amides is 3. The Kier molecular flexibility index (Phi) is 7.98. The molecular weight excluding hydrogens is 444 g/mol. The molecule has 0 unspecified atom stereocenters. The number of hydrazine groups is 1. The third kappa shape index (κ3) is 6.16. The molecule has 1 aliphatic carbocycles. The molecule has 3 N–H and O–H groups in total. The number of benzene rings is 1. The van der Waals surface area contributed by atoms with Crippen LogP contribution in [-0.4, -0.2) is 38.0 Å². The van der Waals surface area contributed by atoms with Gasteiger partial charge < -0.3 is 14.8 Å². The van der Waals surface area contributed by atoms with Gasteiger partial charge >= 0.3 is 6.61 Å². The first kappa shape index (κ1) is 23.5. The molecule has 0 bridgehead atoms. The van der Waals surface area contributed by atoms with E-state index in [1.807, 2.05) is 6.07 Å². The van der Waals surface area contributed by atoms with Gasteiger partial charge in [-0.1, -0.05) is 6.42 Å². The van der Waals surface area contributed by atoms with Crippen LogP contribution in [0, 0.1) is 0 Å². The zero-order chi connectivity index (χ0) is 23.1. The molecule has 0 atom stereocenters. The lowest BCUT2D eigenvalue weighted by Crippen LogP contribution is -2.46. The molecule has 32 heavy (non-hydrogen) atoms. The summed E-state index contributed by atoms with van der Waals surface area (Å²) in [4.78, 5) is 38.3. The lowest BCUT2D eigenvalue weighted by atomic mass is 10.1. The maximum atomic E-state index is 12.4. The Bertz CT molecular complexity index is 972. The van der Waals surface area contributed by atoms with Crippen molar-refractivity contribution in [3.05, 3.63) is 45.1 Å².